The van der Waals surface area contributed by atoms with Gasteiger partial charge in [0.2, 0.25) is 0 Å². The molecule has 0 bridgehead atoms. The van der Waals surface area contributed by atoms with Gasteiger partial charge in [-0.2, -0.15) is 13.2 Å². The molecule has 0 spiro atoms. The lowest BCUT2D eigenvalue weighted by Crippen LogP contribution is -2.45. The van der Waals surface area contributed by atoms with Crippen LogP contribution in [0.4, 0.5) is 13.2 Å². The maximum absolute atomic E-state index is 12.5. The molecule has 0 aliphatic carbocycles. The van der Waals surface area contributed by atoms with Crippen LogP contribution in [0.1, 0.15) is 46.0 Å². The summed E-state index contributed by atoms with van der Waals surface area (Å²) in [5.41, 5.74) is 0. The number of hydrogen-bond acceptors (Lipinski definition) is 3. The number of aliphatic imine (C=N–C) groups is 1. The number of likely N-dealkylation sites (tertiary alicyclic amines) is 2. The van der Waals surface area contributed by atoms with Crippen LogP contribution in [0, 0.1) is 5.92 Å². The zero-order chi connectivity index (χ0) is 19.7. The fraction of sp³-hybridized carbons (Fsp3) is 0.947. The molecule has 0 aromatic heterocycles. The van der Waals surface area contributed by atoms with Crippen molar-refractivity contribution in [3.63, 3.8) is 0 Å². The molecule has 2 unspecified atom stereocenters. The smallest absolute Gasteiger partial charge is 0.357 e. The molecule has 0 aromatic rings. The van der Waals surface area contributed by atoms with Gasteiger partial charge in [0.1, 0.15) is 0 Å². The van der Waals surface area contributed by atoms with E-state index >= 15 is 0 Å². The van der Waals surface area contributed by atoms with E-state index in [1.807, 2.05) is 6.92 Å². The summed E-state index contributed by atoms with van der Waals surface area (Å²) in [4.78, 5) is 8.62. The maximum Gasteiger partial charge on any atom is 0.401 e. The van der Waals surface area contributed by atoms with E-state index in [1.54, 1.807) is 0 Å². The van der Waals surface area contributed by atoms with Gasteiger partial charge in [-0.15, -0.1) is 0 Å². The molecular formula is C19H36F3N5. The average Bonchev–Trinajstić information content (AvgIpc) is 2.99. The van der Waals surface area contributed by atoms with Gasteiger partial charge in [0, 0.05) is 38.8 Å². The fourth-order valence-electron chi connectivity index (χ4n) is 3.99. The van der Waals surface area contributed by atoms with Crippen LogP contribution in [0.15, 0.2) is 4.99 Å². The zero-order valence-electron chi connectivity index (χ0n) is 16.8. The highest BCUT2D eigenvalue weighted by Crippen LogP contribution is 2.20. The van der Waals surface area contributed by atoms with Crippen LogP contribution in [-0.4, -0.2) is 80.3 Å². The normalized spacial score (nSPS) is 25.7. The van der Waals surface area contributed by atoms with Gasteiger partial charge in [-0.3, -0.25) is 9.89 Å². The topological polar surface area (TPSA) is 42.9 Å². The van der Waals surface area contributed by atoms with E-state index in [0.717, 1.165) is 44.4 Å². The standard InChI is InChI=1S/C19H36F3N5/c1-3-23-18(25-17-8-12-27(14-17)15-19(20,21)22)24-9-4-5-10-26-11-6-7-16(2)13-26/h16-17H,3-15H2,1-2H3,(H2,23,24,25). The minimum Gasteiger partial charge on any atom is -0.357 e. The Morgan fingerprint density at radius 3 is 2.63 bits per heavy atom. The first-order chi connectivity index (χ1) is 12.9. The lowest BCUT2D eigenvalue weighted by Gasteiger charge is -2.30. The van der Waals surface area contributed by atoms with E-state index in [1.165, 1.54) is 30.8 Å². The summed E-state index contributed by atoms with van der Waals surface area (Å²) < 4.78 is 37.5. The molecule has 2 rings (SSSR count). The fourth-order valence-corrected chi connectivity index (χ4v) is 3.99. The highest BCUT2D eigenvalue weighted by Gasteiger charge is 2.34. The number of hydrogen-bond donors (Lipinski definition) is 2. The maximum atomic E-state index is 12.5. The Bertz CT molecular complexity index is 455. The summed E-state index contributed by atoms with van der Waals surface area (Å²) in [6.07, 6.45) is 1.42. The molecular weight excluding hydrogens is 355 g/mol. The van der Waals surface area contributed by atoms with Gasteiger partial charge < -0.3 is 15.5 Å². The summed E-state index contributed by atoms with van der Waals surface area (Å²) in [5.74, 6) is 1.53. The van der Waals surface area contributed by atoms with Gasteiger partial charge in [-0.25, -0.2) is 0 Å². The first kappa shape index (κ1) is 22.3. The SMILES string of the molecule is CCNC(=NCCCCN1CCCC(C)C1)NC1CCN(CC(F)(F)F)C1. The summed E-state index contributed by atoms with van der Waals surface area (Å²) in [6.45, 7) is 9.45. The van der Waals surface area contributed by atoms with E-state index in [0.29, 0.717) is 19.5 Å². The van der Waals surface area contributed by atoms with Crippen molar-refractivity contribution in [2.45, 2.75) is 58.2 Å². The Morgan fingerprint density at radius 1 is 1.11 bits per heavy atom. The Morgan fingerprint density at radius 2 is 1.93 bits per heavy atom. The molecule has 2 saturated heterocycles. The molecule has 2 heterocycles. The molecule has 0 aromatic carbocycles. The van der Waals surface area contributed by atoms with Crippen molar-refractivity contribution in [1.82, 2.24) is 20.4 Å². The third kappa shape index (κ3) is 9.14. The minimum absolute atomic E-state index is 0.0278. The first-order valence-corrected chi connectivity index (χ1v) is 10.4. The Labute approximate surface area is 161 Å². The van der Waals surface area contributed by atoms with Crippen LogP contribution >= 0.6 is 0 Å². The molecule has 0 radical (unpaired) electrons. The van der Waals surface area contributed by atoms with Crippen LogP contribution in [0.2, 0.25) is 0 Å². The Hall–Kier alpha value is -1.02. The molecule has 0 saturated carbocycles. The van der Waals surface area contributed by atoms with Crippen molar-refractivity contribution >= 4 is 5.96 Å². The zero-order valence-corrected chi connectivity index (χ0v) is 16.8. The van der Waals surface area contributed by atoms with Crippen molar-refractivity contribution in [3.8, 4) is 0 Å². The number of nitrogens with one attached hydrogen (secondary N) is 2. The molecule has 2 aliphatic rings. The van der Waals surface area contributed by atoms with Crippen molar-refractivity contribution in [2.24, 2.45) is 10.9 Å². The second-order valence-corrected chi connectivity index (χ2v) is 8.00. The van der Waals surface area contributed by atoms with Crippen molar-refractivity contribution in [2.75, 3.05) is 52.4 Å². The second kappa shape index (κ2) is 11.1. The van der Waals surface area contributed by atoms with Crippen LogP contribution in [0.5, 0.6) is 0 Å². The van der Waals surface area contributed by atoms with E-state index < -0.39 is 12.7 Å². The Balaban J connectivity index is 1.66. The van der Waals surface area contributed by atoms with Gasteiger partial charge in [0.25, 0.3) is 0 Å². The van der Waals surface area contributed by atoms with E-state index in [2.05, 4.69) is 27.4 Å². The molecule has 5 nitrogen and oxygen atoms in total. The van der Waals surface area contributed by atoms with Crippen molar-refractivity contribution < 1.29 is 13.2 Å². The second-order valence-electron chi connectivity index (χ2n) is 8.00. The van der Waals surface area contributed by atoms with Crippen LogP contribution < -0.4 is 10.6 Å². The predicted molar refractivity (Wildman–Crippen MR) is 104 cm³/mol. The van der Waals surface area contributed by atoms with Crippen molar-refractivity contribution in [3.05, 3.63) is 0 Å². The average molecular weight is 392 g/mol. The first-order valence-electron chi connectivity index (χ1n) is 10.4. The van der Waals surface area contributed by atoms with Gasteiger partial charge in [0.15, 0.2) is 5.96 Å². The number of alkyl halides is 3. The van der Waals surface area contributed by atoms with Gasteiger partial charge >= 0.3 is 6.18 Å². The summed E-state index contributed by atoms with van der Waals surface area (Å²) in [7, 11) is 0. The highest BCUT2D eigenvalue weighted by atomic mass is 19.4. The largest absolute Gasteiger partial charge is 0.401 e. The Kier molecular flexibility index (Phi) is 9.15. The summed E-state index contributed by atoms with van der Waals surface area (Å²) >= 11 is 0. The number of nitrogens with zero attached hydrogens (tertiary/aromatic N) is 3. The third-order valence-corrected chi connectivity index (χ3v) is 5.25. The lowest BCUT2D eigenvalue weighted by molar-refractivity contribution is -0.143. The van der Waals surface area contributed by atoms with E-state index in [-0.39, 0.29) is 6.04 Å². The molecule has 158 valence electrons. The monoisotopic (exact) mass is 391 g/mol. The number of halogens is 3. The van der Waals surface area contributed by atoms with Crippen LogP contribution in [0.25, 0.3) is 0 Å². The number of piperidine rings is 1. The molecule has 27 heavy (non-hydrogen) atoms. The summed E-state index contributed by atoms with van der Waals surface area (Å²) in [5, 5.41) is 6.50. The van der Waals surface area contributed by atoms with Gasteiger partial charge in [-0.1, -0.05) is 6.92 Å². The lowest BCUT2D eigenvalue weighted by atomic mass is 10.0. The number of rotatable bonds is 8. The summed E-state index contributed by atoms with van der Waals surface area (Å²) in [6, 6.07) is 0.0278. The van der Waals surface area contributed by atoms with Gasteiger partial charge in [-0.05, 0) is 58.0 Å². The van der Waals surface area contributed by atoms with E-state index in [9.17, 15) is 13.2 Å². The molecule has 8 heteroatoms. The predicted octanol–water partition coefficient (Wildman–Crippen LogP) is 2.69. The number of guanidine groups is 1. The minimum atomic E-state index is -4.13. The van der Waals surface area contributed by atoms with Crippen LogP contribution in [0.3, 0.4) is 0 Å². The van der Waals surface area contributed by atoms with Gasteiger partial charge in [0.05, 0.1) is 6.54 Å². The van der Waals surface area contributed by atoms with Crippen molar-refractivity contribution in [1.29, 1.82) is 0 Å². The number of unbranched alkanes of at least 4 members (excludes halogenated alkanes) is 1. The quantitative estimate of drug-likeness (QED) is 0.379. The third-order valence-electron chi connectivity index (χ3n) is 5.25. The molecule has 2 fully saturated rings. The molecule has 2 aliphatic heterocycles. The van der Waals surface area contributed by atoms with Crippen LogP contribution in [-0.2, 0) is 0 Å². The van der Waals surface area contributed by atoms with E-state index in [4.69, 9.17) is 0 Å². The molecule has 2 N–H and O–H groups in total. The molecule has 2 atom stereocenters. The molecule has 0 amide bonds. The highest BCUT2D eigenvalue weighted by molar-refractivity contribution is 5.80.